The van der Waals surface area contributed by atoms with Gasteiger partial charge in [0.1, 0.15) is 5.60 Å². The van der Waals surface area contributed by atoms with E-state index in [0.717, 1.165) is 37.3 Å². The number of rotatable bonds is 3. The largest absolute Gasteiger partial charge is 0.444 e. The first-order valence-electron chi connectivity index (χ1n) is 8.38. The van der Waals surface area contributed by atoms with Gasteiger partial charge in [-0.05, 0) is 65.2 Å². The average Bonchev–Trinajstić information content (AvgIpc) is 2.43. The van der Waals surface area contributed by atoms with Crippen LogP contribution in [0.2, 0.25) is 0 Å². The Balaban J connectivity index is 1.87. The number of aryl methyl sites for hydroxylation is 2. The van der Waals surface area contributed by atoms with Crippen molar-refractivity contribution < 1.29 is 9.53 Å². The zero-order chi connectivity index (χ0) is 17.0. The molecule has 1 N–H and O–H groups in total. The fraction of sp³-hybridized carbons (Fsp3) is 0.667. The van der Waals surface area contributed by atoms with Gasteiger partial charge in [0.25, 0.3) is 0 Å². The molecule has 1 amide bonds. The first-order chi connectivity index (χ1) is 10.7. The first kappa shape index (κ1) is 17.7. The van der Waals surface area contributed by atoms with Crippen LogP contribution < -0.4 is 5.32 Å². The lowest BCUT2D eigenvalue weighted by atomic mass is 10.1. The second-order valence-corrected chi connectivity index (χ2v) is 7.40. The summed E-state index contributed by atoms with van der Waals surface area (Å²) in [6.07, 6.45) is 1.88. The van der Waals surface area contributed by atoms with Gasteiger partial charge in [0.05, 0.1) is 0 Å². The molecule has 1 aromatic heterocycles. The van der Waals surface area contributed by atoms with E-state index < -0.39 is 5.60 Å². The van der Waals surface area contributed by atoms with Gasteiger partial charge in [0, 0.05) is 37.1 Å². The Morgan fingerprint density at radius 2 is 2.00 bits per heavy atom. The zero-order valence-electron chi connectivity index (χ0n) is 15.0. The van der Waals surface area contributed by atoms with Crippen LogP contribution in [0.25, 0.3) is 0 Å². The molecule has 1 saturated heterocycles. The fourth-order valence-corrected chi connectivity index (χ4v) is 2.92. The van der Waals surface area contributed by atoms with Crippen molar-refractivity contribution in [1.29, 1.82) is 0 Å². The molecular weight excluding hydrogens is 290 g/mol. The lowest BCUT2D eigenvalue weighted by Crippen LogP contribution is -2.49. The molecule has 5 nitrogen and oxygen atoms in total. The molecule has 0 aromatic carbocycles. The highest BCUT2D eigenvalue weighted by molar-refractivity contribution is 5.68. The number of nitrogens with one attached hydrogen (secondary N) is 1. The van der Waals surface area contributed by atoms with Crippen molar-refractivity contribution in [2.24, 2.45) is 0 Å². The zero-order valence-corrected chi connectivity index (χ0v) is 15.0. The SMILES string of the molecule is Cc1cc(CNC2CCCN(C(=O)OC(C)(C)C)C2)cc(C)n1. The Kier molecular flexibility index (Phi) is 5.63. The summed E-state index contributed by atoms with van der Waals surface area (Å²) in [4.78, 5) is 18.4. The number of hydrogen-bond acceptors (Lipinski definition) is 4. The van der Waals surface area contributed by atoms with Crippen molar-refractivity contribution in [2.75, 3.05) is 13.1 Å². The van der Waals surface area contributed by atoms with Gasteiger partial charge < -0.3 is 15.0 Å². The van der Waals surface area contributed by atoms with Crippen LogP contribution in [-0.4, -0.2) is 40.7 Å². The van der Waals surface area contributed by atoms with Gasteiger partial charge in [0.2, 0.25) is 0 Å². The summed E-state index contributed by atoms with van der Waals surface area (Å²) in [6, 6.07) is 4.52. The smallest absolute Gasteiger partial charge is 0.410 e. The van der Waals surface area contributed by atoms with Crippen molar-refractivity contribution >= 4 is 6.09 Å². The molecule has 1 aliphatic rings. The number of pyridine rings is 1. The standard InChI is InChI=1S/C18H29N3O2/c1-13-9-15(10-14(2)20-13)11-19-16-7-6-8-21(12-16)17(22)23-18(3,4)5/h9-10,16,19H,6-8,11-12H2,1-5H3. The molecule has 0 radical (unpaired) electrons. The van der Waals surface area contributed by atoms with Gasteiger partial charge in [0.15, 0.2) is 0 Å². The number of hydrogen-bond donors (Lipinski definition) is 1. The molecule has 0 bridgehead atoms. The van der Waals surface area contributed by atoms with Crippen molar-refractivity contribution in [1.82, 2.24) is 15.2 Å². The highest BCUT2D eigenvalue weighted by atomic mass is 16.6. The number of likely N-dealkylation sites (tertiary alicyclic amines) is 1. The van der Waals surface area contributed by atoms with E-state index in [0.29, 0.717) is 12.6 Å². The topological polar surface area (TPSA) is 54.5 Å². The molecule has 2 rings (SSSR count). The maximum Gasteiger partial charge on any atom is 0.410 e. The van der Waals surface area contributed by atoms with Crippen LogP contribution in [0.4, 0.5) is 4.79 Å². The molecule has 0 aliphatic carbocycles. The molecule has 0 spiro atoms. The Labute approximate surface area is 139 Å². The van der Waals surface area contributed by atoms with Gasteiger partial charge in [-0.1, -0.05) is 0 Å². The Hall–Kier alpha value is -1.62. The predicted molar refractivity (Wildman–Crippen MR) is 91.4 cm³/mol. The summed E-state index contributed by atoms with van der Waals surface area (Å²) >= 11 is 0. The van der Waals surface area contributed by atoms with Crippen LogP contribution in [0.3, 0.4) is 0 Å². The highest BCUT2D eigenvalue weighted by Gasteiger charge is 2.27. The average molecular weight is 319 g/mol. The van der Waals surface area contributed by atoms with Crippen molar-refractivity contribution in [3.63, 3.8) is 0 Å². The van der Waals surface area contributed by atoms with E-state index in [1.807, 2.05) is 39.5 Å². The maximum absolute atomic E-state index is 12.2. The van der Waals surface area contributed by atoms with E-state index in [9.17, 15) is 4.79 Å². The van der Waals surface area contributed by atoms with Crippen LogP contribution in [0.1, 0.15) is 50.6 Å². The molecule has 1 fully saturated rings. The molecule has 1 aliphatic heterocycles. The van der Waals surface area contributed by atoms with E-state index in [-0.39, 0.29) is 6.09 Å². The second-order valence-electron chi connectivity index (χ2n) is 7.40. The Morgan fingerprint density at radius 3 is 2.61 bits per heavy atom. The second kappa shape index (κ2) is 7.30. The number of carbonyl (C=O) groups is 1. The number of piperidine rings is 1. The normalized spacial score (nSPS) is 18.8. The molecule has 2 heterocycles. The summed E-state index contributed by atoms with van der Waals surface area (Å²) in [6.45, 7) is 12.0. The van der Waals surface area contributed by atoms with Crippen LogP contribution in [0, 0.1) is 13.8 Å². The maximum atomic E-state index is 12.2. The van der Waals surface area contributed by atoms with E-state index in [1.165, 1.54) is 5.56 Å². The first-order valence-corrected chi connectivity index (χ1v) is 8.38. The summed E-state index contributed by atoms with van der Waals surface area (Å²) < 4.78 is 5.47. The Morgan fingerprint density at radius 1 is 1.35 bits per heavy atom. The van der Waals surface area contributed by atoms with Crippen LogP contribution >= 0.6 is 0 Å². The van der Waals surface area contributed by atoms with E-state index in [4.69, 9.17) is 4.74 Å². The summed E-state index contributed by atoms with van der Waals surface area (Å²) in [5.41, 5.74) is 2.88. The molecule has 1 unspecified atom stereocenters. The van der Waals surface area contributed by atoms with Crippen LogP contribution in [-0.2, 0) is 11.3 Å². The van der Waals surface area contributed by atoms with E-state index in [1.54, 1.807) is 0 Å². The molecule has 23 heavy (non-hydrogen) atoms. The van der Waals surface area contributed by atoms with Crippen molar-refractivity contribution in [2.45, 2.75) is 65.6 Å². The van der Waals surface area contributed by atoms with Gasteiger partial charge in [-0.15, -0.1) is 0 Å². The third-order valence-corrected chi connectivity index (χ3v) is 3.81. The molecule has 1 aromatic rings. The molecule has 1 atom stereocenters. The van der Waals surface area contributed by atoms with Gasteiger partial charge >= 0.3 is 6.09 Å². The quantitative estimate of drug-likeness (QED) is 0.929. The Bertz CT molecular complexity index is 531. The minimum Gasteiger partial charge on any atom is -0.444 e. The minimum absolute atomic E-state index is 0.209. The van der Waals surface area contributed by atoms with Gasteiger partial charge in [-0.2, -0.15) is 0 Å². The molecule has 128 valence electrons. The number of aromatic nitrogens is 1. The summed E-state index contributed by atoms with van der Waals surface area (Å²) in [5.74, 6) is 0. The third kappa shape index (κ3) is 5.82. The molecule has 0 saturated carbocycles. The fourth-order valence-electron chi connectivity index (χ4n) is 2.92. The number of carbonyl (C=O) groups excluding carboxylic acids is 1. The van der Waals surface area contributed by atoms with Gasteiger partial charge in [-0.25, -0.2) is 4.79 Å². The lowest BCUT2D eigenvalue weighted by Gasteiger charge is -2.34. The summed E-state index contributed by atoms with van der Waals surface area (Å²) in [5, 5.41) is 3.56. The predicted octanol–water partition coefficient (Wildman–Crippen LogP) is 3.19. The van der Waals surface area contributed by atoms with E-state index in [2.05, 4.69) is 22.4 Å². The number of nitrogens with zero attached hydrogens (tertiary/aromatic N) is 2. The minimum atomic E-state index is -0.441. The van der Waals surface area contributed by atoms with E-state index >= 15 is 0 Å². The summed E-state index contributed by atoms with van der Waals surface area (Å²) in [7, 11) is 0. The highest BCUT2D eigenvalue weighted by Crippen LogP contribution is 2.16. The molecule has 5 heteroatoms. The van der Waals surface area contributed by atoms with Crippen LogP contribution in [0.5, 0.6) is 0 Å². The van der Waals surface area contributed by atoms with Gasteiger partial charge in [-0.3, -0.25) is 4.98 Å². The monoisotopic (exact) mass is 319 g/mol. The third-order valence-electron chi connectivity index (χ3n) is 3.81. The number of ether oxygens (including phenoxy) is 1. The van der Waals surface area contributed by atoms with Crippen molar-refractivity contribution in [3.8, 4) is 0 Å². The van der Waals surface area contributed by atoms with Crippen LogP contribution in [0.15, 0.2) is 12.1 Å². The lowest BCUT2D eigenvalue weighted by molar-refractivity contribution is 0.0187. The number of amides is 1. The molecular formula is C18H29N3O2. The van der Waals surface area contributed by atoms with Crippen molar-refractivity contribution in [3.05, 3.63) is 29.1 Å².